The van der Waals surface area contributed by atoms with Gasteiger partial charge in [0.05, 0.1) is 22.4 Å². The quantitative estimate of drug-likeness (QED) is 0.0821. The fraction of sp³-hybridized carbons (Fsp3) is 0.254. The van der Waals surface area contributed by atoms with Gasteiger partial charge >= 0.3 is 0 Å². The van der Waals surface area contributed by atoms with Gasteiger partial charge in [-0.1, -0.05) is 202 Å². The number of rotatable bonds is 3. The topological polar surface area (TPSA) is 88.9 Å². The van der Waals surface area contributed by atoms with Gasteiger partial charge in [-0.2, -0.15) is 0 Å². The van der Waals surface area contributed by atoms with Gasteiger partial charge in [-0.15, -0.1) is 59.3 Å². The summed E-state index contributed by atoms with van der Waals surface area (Å²) < 4.78 is 0. The third-order valence-corrected chi connectivity index (χ3v) is 12.5. The van der Waals surface area contributed by atoms with E-state index in [0.29, 0.717) is 0 Å². The van der Waals surface area contributed by atoms with Crippen molar-refractivity contribution in [2.45, 2.75) is 93.9 Å². The Morgan fingerprint density at radius 3 is 1.16 bits per heavy atom. The SMILES string of the molecule is CC(C)(C)C(=O)/C=C(\O)C(C)(C)C.CC(C)(C)c1ccc(-c2cnc3c4[c-]cccc4c4ccccc4c3n2)cc1.CC(C)(C)c1ccc(-c2cnc3c4[c-]cccc4c4ccccc4c3n2)cc1.[Ir]. The van der Waals surface area contributed by atoms with Crippen molar-refractivity contribution in [1.82, 2.24) is 19.9 Å². The van der Waals surface area contributed by atoms with E-state index >= 15 is 0 Å². The smallest absolute Gasteiger partial charge is 0.164 e. The number of aliphatic hydroxyl groups excluding tert-OH is 1. The average Bonchev–Trinajstić information content (AvgIpc) is 3.33. The van der Waals surface area contributed by atoms with Crippen molar-refractivity contribution >= 4 is 70.9 Å². The molecule has 0 aliphatic rings. The summed E-state index contributed by atoms with van der Waals surface area (Å²) in [6.07, 6.45) is 5.09. The second-order valence-corrected chi connectivity index (χ2v) is 22.0. The largest absolute Gasteiger partial charge is 0.512 e. The molecule has 0 fully saturated rings. The van der Waals surface area contributed by atoms with Crippen LogP contribution in [0.5, 0.6) is 0 Å². The molecule has 0 unspecified atom stereocenters. The van der Waals surface area contributed by atoms with Crippen molar-refractivity contribution in [1.29, 1.82) is 0 Å². The van der Waals surface area contributed by atoms with E-state index in [1.54, 1.807) is 0 Å². The van der Waals surface area contributed by atoms with Crippen LogP contribution in [0.2, 0.25) is 0 Å². The van der Waals surface area contributed by atoms with Crippen molar-refractivity contribution in [3.8, 4) is 22.5 Å². The molecular formula is C63H62IrN4O2-2. The molecule has 0 aliphatic heterocycles. The van der Waals surface area contributed by atoms with Crippen LogP contribution in [0.1, 0.15) is 94.2 Å². The van der Waals surface area contributed by atoms with E-state index in [0.717, 1.165) is 66.1 Å². The maximum Gasteiger partial charge on any atom is 0.164 e. The zero-order valence-corrected chi connectivity index (χ0v) is 44.8. The molecule has 70 heavy (non-hydrogen) atoms. The zero-order valence-electron chi connectivity index (χ0n) is 42.4. The molecule has 7 heteroatoms. The van der Waals surface area contributed by atoms with Crippen LogP contribution in [-0.4, -0.2) is 30.8 Å². The van der Waals surface area contributed by atoms with E-state index in [1.165, 1.54) is 38.7 Å². The molecule has 0 saturated carbocycles. The second kappa shape index (κ2) is 20.0. The number of benzene rings is 8. The Hall–Kier alpha value is -6.66. The van der Waals surface area contributed by atoms with E-state index in [1.807, 2.05) is 78.2 Å². The number of carbonyl (C=O) groups excluding carboxylic acids is 1. The van der Waals surface area contributed by atoms with E-state index in [2.05, 4.69) is 163 Å². The summed E-state index contributed by atoms with van der Waals surface area (Å²) in [5.41, 5.74) is 9.79. The number of hydrogen-bond donors (Lipinski definition) is 1. The molecule has 1 radical (unpaired) electrons. The van der Waals surface area contributed by atoms with Gasteiger partial charge < -0.3 is 15.1 Å². The average molecular weight is 1100 g/mol. The number of nitrogens with zero attached hydrogens (tertiary/aromatic N) is 4. The Morgan fingerprint density at radius 2 is 0.814 bits per heavy atom. The number of fused-ring (bicyclic) bond motifs is 12. The van der Waals surface area contributed by atoms with Crippen LogP contribution < -0.4 is 0 Å². The molecule has 2 aromatic heterocycles. The van der Waals surface area contributed by atoms with E-state index in [4.69, 9.17) is 19.9 Å². The van der Waals surface area contributed by atoms with Crippen molar-refractivity contribution in [2.75, 3.05) is 0 Å². The fourth-order valence-electron chi connectivity index (χ4n) is 8.20. The molecule has 0 saturated heterocycles. The second-order valence-electron chi connectivity index (χ2n) is 22.0. The summed E-state index contributed by atoms with van der Waals surface area (Å²) >= 11 is 0. The molecular weight excluding hydrogens is 1040 g/mol. The first-order valence-corrected chi connectivity index (χ1v) is 23.7. The monoisotopic (exact) mass is 1100 g/mol. The molecule has 0 spiro atoms. The van der Waals surface area contributed by atoms with Gasteiger partial charge in [0.25, 0.3) is 0 Å². The maximum absolute atomic E-state index is 11.5. The van der Waals surface area contributed by atoms with Gasteiger partial charge in [-0.3, -0.25) is 14.8 Å². The molecule has 6 nitrogen and oxygen atoms in total. The first kappa shape index (κ1) is 51.2. The normalized spacial score (nSPS) is 12.4. The van der Waals surface area contributed by atoms with Crippen LogP contribution in [0.4, 0.5) is 0 Å². The molecule has 10 rings (SSSR count). The van der Waals surface area contributed by atoms with Gasteiger partial charge in [0.2, 0.25) is 0 Å². The third-order valence-electron chi connectivity index (χ3n) is 12.5. The maximum atomic E-state index is 11.5. The summed E-state index contributed by atoms with van der Waals surface area (Å²) in [7, 11) is 0. The number of allylic oxidation sites excluding steroid dienone is 2. The van der Waals surface area contributed by atoms with Gasteiger partial charge in [-0.25, -0.2) is 0 Å². The molecule has 10 aromatic rings. The third kappa shape index (κ3) is 10.9. The molecule has 1 N–H and O–H groups in total. The van der Waals surface area contributed by atoms with Crippen LogP contribution in [0.3, 0.4) is 0 Å². The zero-order chi connectivity index (χ0) is 49.5. The first-order chi connectivity index (χ1) is 32.6. The minimum absolute atomic E-state index is 0. The number of aliphatic hydroxyl groups is 1. The van der Waals surface area contributed by atoms with Crippen molar-refractivity contribution < 1.29 is 30.0 Å². The summed E-state index contributed by atoms with van der Waals surface area (Å²) in [6.45, 7) is 24.5. The fourth-order valence-corrected chi connectivity index (χ4v) is 8.20. The molecule has 2 heterocycles. The Kier molecular flexibility index (Phi) is 14.6. The van der Waals surface area contributed by atoms with Crippen LogP contribution >= 0.6 is 0 Å². The van der Waals surface area contributed by atoms with E-state index in [9.17, 15) is 9.90 Å². The van der Waals surface area contributed by atoms with Crippen molar-refractivity contribution in [3.63, 3.8) is 0 Å². The summed E-state index contributed by atoms with van der Waals surface area (Å²) in [5, 5.41) is 18.6. The van der Waals surface area contributed by atoms with E-state index < -0.39 is 5.41 Å². The molecule has 357 valence electrons. The standard InChI is InChI=1S/2C26H21N2.C11H20O2.Ir/c2*1-26(2,3)18-14-12-17(13-15-18)23-16-27-24-21-10-6-4-8-19(21)20-9-5-7-11-22(20)25(24)28-23;1-10(2,3)8(12)7-9(13)11(4,5)6;/h2*4-9,11-16H,1-3H3;7,12H,1-6H3;/q2*-1;;/b;;8-7-;. The minimum Gasteiger partial charge on any atom is -0.512 e. The summed E-state index contributed by atoms with van der Waals surface area (Å²) in [5.74, 6) is 0.104. The molecule has 0 atom stereocenters. The Bertz CT molecular complexity index is 3270. The van der Waals surface area contributed by atoms with Gasteiger partial charge in [0.1, 0.15) is 5.76 Å². The van der Waals surface area contributed by atoms with Crippen LogP contribution in [0.15, 0.2) is 158 Å². The van der Waals surface area contributed by atoms with Crippen LogP contribution in [-0.2, 0) is 35.7 Å². The Morgan fingerprint density at radius 1 is 0.457 bits per heavy atom. The van der Waals surface area contributed by atoms with Gasteiger partial charge in [0, 0.05) is 71.6 Å². The van der Waals surface area contributed by atoms with Gasteiger partial charge in [-0.05, 0) is 32.7 Å². The Balaban J connectivity index is 0.000000165. The predicted molar refractivity (Wildman–Crippen MR) is 290 cm³/mol. The van der Waals surface area contributed by atoms with Crippen LogP contribution in [0, 0.1) is 23.0 Å². The molecule has 8 aromatic carbocycles. The minimum atomic E-state index is -0.417. The summed E-state index contributed by atoms with van der Waals surface area (Å²) in [6, 6.07) is 53.1. The van der Waals surface area contributed by atoms with Crippen LogP contribution in [0.25, 0.3) is 87.7 Å². The predicted octanol–water partition coefficient (Wildman–Crippen LogP) is 16.5. The number of ketones is 1. The van der Waals surface area contributed by atoms with Crippen molar-refractivity contribution in [2.24, 2.45) is 10.8 Å². The van der Waals surface area contributed by atoms with Crippen molar-refractivity contribution in [3.05, 3.63) is 181 Å². The van der Waals surface area contributed by atoms with Gasteiger partial charge in [0.15, 0.2) is 5.78 Å². The first-order valence-electron chi connectivity index (χ1n) is 23.7. The molecule has 0 aliphatic carbocycles. The van der Waals surface area contributed by atoms with E-state index in [-0.39, 0.29) is 47.9 Å². The number of hydrogen-bond acceptors (Lipinski definition) is 6. The Labute approximate surface area is 426 Å². The number of carbonyl (C=O) groups is 1. The molecule has 0 amide bonds. The molecule has 0 bridgehead atoms. The number of aromatic nitrogens is 4. The summed E-state index contributed by atoms with van der Waals surface area (Å²) in [4.78, 5) is 31.2.